The molecule has 1 aliphatic rings. The van der Waals surface area contributed by atoms with Gasteiger partial charge in [-0.15, -0.1) is 0 Å². The zero-order valence-electron chi connectivity index (χ0n) is 8.11. The molecule has 1 amide bonds. The summed E-state index contributed by atoms with van der Waals surface area (Å²) in [4.78, 5) is 13.2. The van der Waals surface area contributed by atoms with E-state index in [4.69, 9.17) is 0 Å². The van der Waals surface area contributed by atoms with E-state index in [0.29, 0.717) is 18.3 Å². The number of fused-ring (bicyclic) bond motifs is 1. The average Bonchev–Trinajstić information content (AvgIpc) is 2.55. The monoisotopic (exact) mass is 179 g/mol. The van der Waals surface area contributed by atoms with Crippen LogP contribution in [0.1, 0.15) is 35.9 Å². The molecule has 0 atom stereocenters. The first-order valence-corrected chi connectivity index (χ1v) is 4.43. The molecule has 0 unspecified atom stereocenters. The number of aromatic nitrogens is 2. The summed E-state index contributed by atoms with van der Waals surface area (Å²) < 4.78 is 1.84. The zero-order chi connectivity index (χ0) is 9.59. The van der Waals surface area contributed by atoms with Gasteiger partial charge in [0.1, 0.15) is 0 Å². The summed E-state index contributed by atoms with van der Waals surface area (Å²) >= 11 is 0. The lowest BCUT2D eigenvalue weighted by molar-refractivity contribution is 0.0809. The Morgan fingerprint density at radius 2 is 2.23 bits per heavy atom. The van der Waals surface area contributed by atoms with Gasteiger partial charge in [0.25, 0.3) is 5.91 Å². The fourth-order valence-electron chi connectivity index (χ4n) is 1.50. The van der Waals surface area contributed by atoms with Crippen molar-refractivity contribution in [2.45, 2.75) is 26.4 Å². The number of hydrogen-bond donors (Lipinski definition) is 0. The molecule has 13 heavy (non-hydrogen) atoms. The molecule has 0 fully saturated rings. The van der Waals surface area contributed by atoms with Crippen LogP contribution in [0.4, 0.5) is 0 Å². The van der Waals surface area contributed by atoms with Crippen LogP contribution in [0.15, 0.2) is 6.20 Å². The number of carbonyl (C=O) groups is 1. The topological polar surface area (TPSA) is 38.1 Å². The first-order valence-electron chi connectivity index (χ1n) is 4.43. The van der Waals surface area contributed by atoms with E-state index in [1.54, 1.807) is 11.9 Å². The van der Waals surface area contributed by atoms with Gasteiger partial charge in [-0.2, -0.15) is 5.10 Å². The second-order valence-corrected chi connectivity index (χ2v) is 3.74. The van der Waals surface area contributed by atoms with Crippen LogP contribution in [0.5, 0.6) is 0 Å². The standard InChI is InChI=1S/C9H13N3O/c1-6(2)12-5-7-4-11(3)9(13)8(7)10-12/h5-6H,4H2,1-3H3. The van der Waals surface area contributed by atoms with Gasteiger partial charge in [0, 0.05) is 31.4 Å². The van der Waals surface area contributed by atoms with E-state index in [1.807, 2.05) is 10.9 Å². The average molecular weight is 179 g/mol. The van der Waals surface area contributed by atoms with Gasteiger partial charge in [-0.25, -0.2) is 0 Å². The van der Waals surface area contributed by atoms with Crippen LogP contribution in [0.2, 0.25) is 0 Å². The van der Waals surface area contributed by atoms with Crippen LogP contribution in [-0.4, -0.2) is 27.6 Å². The molecule has 0 aliphatic carbocycles. The minimum atomic E-state index is 0.0365. The van der Waals surface area contributed by atoms with Gasteiger partial charge in [0.05, 0.1) is 0 Å². The van der Waals surface area contributed by atoms with E-state index in [0.717, 1.165) is 5.56 Å². The quantitative estimate of drug-likeness (QED) is 0.646. The SMILES string of the molecule is CC(C)n1cc2c(n1)C(=O)N(C)C2. The van der Waals surface area contributed by atoms with Crippen LogP contribution >= 0.6 is 0 Å². The fraction of sp³-hybridized carbons (Fsp3) is 0.556. The Morgan fingerprint density at radius 1 is 1.54 bits per heavy atom. The zero-order valence-corrected chi connectivity index (χ0v) is 8.11. The lowest BCUT2D eigenvalue weighted by atomic mass is 10.3. The van der Waals surface area contributed by atoms with E-state index in [2.05, 4.69) is 18.9 Å². The molecule has 0 bridgehead atoms. The molecule has 2 heterocycles. The molecule has 1 aromatic rings. The highest BCUT2D eigenvalue weighted by Crippen LogP contribution is 2.20. The normalized spacial score (nSPS) is 15.7. The van der Waals surface area contributed by atoms with Crippen molar-refractivity contribution in [1.82, 2.24) is 14.7 Å². The summed E-state index contributed by atoms with van der Waals surface area (Å²) in [7, 11) is 1.80. The second kappa shape index (κ2) is 2.58. The van der Waals surface area contributed by atoms with E-state index < -0.39 is 0 Å². The molecule has 1 aromatic heterocycles. The summed E-state index contributed by atoms with van der Waals surface area (Å²) in [5.41, 5.74) is 1.66. The van der Waals surface area contributed by atoms with E-state index in [-0.39, 0.29) is 5.91 Å². The summed E-state index contributed by atoms with van der Waals surface area (Å²) in [6.45, 7) is 4.80. The molecule has 4 heteroatoms. The van der Waals surface area contributed by atoms with Crippen molar-refractivity contribution < 1.29 is 4.79 Å². The largest absolute Gasteiger partial charge is 0.336 e. The van der Waals surface area contributed by atoms with E-state index >= 15 is 0 Å². The fourth-order valence-corrected chi connectivity index (χ4v) is 1.50. The summed E-state index contributed by atoms with van der Waals surface area (Å²) in [5, 5.41) is 4.25. The number of nitrogens with zero attached hydrogens (tertiary/aromatic N) is 3. The molecule has 70 valence electrons. The highest BCUT2D eigenvalue weighted by Gasteiger charge is 2.28. The molecule has 1 aliphatic heterocycles. The predicted octanol–water partition coefficient (Wildman–Crippen LogP) is 1.05. The van der Waals surface area contributed by atoms with Crippen molar-refractivity contribution in [3.8, 4) is 0 Å². The van der Waals surface area contributed by atoms with Crippen LogP contribution in [0, 0.1) is 0 Å². The van der Waals surface area contributed by atoms with Crippen molar-refractivity contribution in [3.05, 3.63) is 17.5 Å². The minimum absolute atomic E-state index is 0.0365. The smallest absolute Gasteiger partial charge is 0.274 e. The Bertz CT molecular complexity index is 354. The first-order chi connectivity index (χ1) is 6.09. The summed E-state index contributed by atoms with van der Waals surface area (Å²) in [6.07, 6.45) is 1.96. The lowest BCUT2D eigenvalue weighted by Crippen LogP contribution is -2.19. The second-order valence-electron chi connectivity index (χ2n) is 3.74. The lowest BCUT2D eigenvalue weighted by Gasteiger charge is -2.08. The molecule has 0 aromatic carbocycles. The molecular formula is C9H13N3O. The number of hydrogen-bond acceptors (Lipinski definition) is 2. The van der Waals surface area contributed by atoms with Crippen molar-refractivity contribution in [2.24, 2.45) is 0 Å². The van der Waals surface area contributed by atoms with E-state index in [1.165, 1.54) is 0 Å². The van der Waals surface area contributed by atoms with Gasteiger partial charge >= 0.3 is 0 Å². The summed E-state index contributed by atoms with van der Waals surface area (Å²) in [5.74, 6) is 0.0365. The Labute approximate surface area is 77.1 Å². The van der Waals surface area contributed by atoms with Crippen molar-refractivity contribution in [1.29, 1.82) is 0 Å². The molecular weight excluding hydrogens is 166 g/mol. The third-order valence-corrected chi connectivity index (χ3v) is 2.29. The maximum Gasteiger partial charge on any atom is 0.274 e. The highest BCUT2D eigenvalue weighted by atomic mass is 16.2. The first kappa shape index (κ1) is 8.29. The van der Waals surface area contributed by atoms with E-state index in [9.17, 15) is 4.79 Å². The predicted molar refractivity (Wildman–Crippen MR) is 48.4 cm³/mol. The van der Waals surface area contributed by atoms with Gasteiger partial charge < -0.3 is 4.90 Å². The number of carbonyl (C=O) groups excluding carboxylic acids is 1. The Morgan fingerprint density at radius 3 is 2.77 bits per heavy atom. The summed E-state index contributed by atoms with van der Waals surface area (Å²) in [6, 6.07) is 0.323. The third kappa shape index (κ3) is 1.13. The molecule has 0 radical (unpaired) electrons. The molecule has 0 N–H and O–H groups in total. The number of rotatable bonds is 1. The van der Waals surface area contributed by atoms with Crippen LogP contribution < -0.4 is 0 Å². The number of amides is 1. The van der Waals surface area contributed by atoms with Crippen LogP contribution in [-0.2, 0) is 6.54 Å². The highest BCUT2D eigenvalue weighted by molar-refractivity contribution is 5.96. The van der Waals surface area contributed by atoms with Crippen molar-refractivity contribution >= 4 is 5.91 Å². The maximum atomic E-state index is 11.5. The van der Waals surface area contributed by atoms with Crippen LogP contribution in [0.3, 0.4) is 0 Å². The van der Waals surface area contributed by atoms with Gasteiger partial charge in [-0.3, -0.25) is 9.48 Å². The molecule has 0 saturated heterocycles. The van der Waals surface area contributed by atoms with Gasteiger partial charge in [0.15, 0.2) is 5.69 Å². The Balaban J connectivity index is 2.40. The third-order valence-electron chi connectivity index (χ3n) is 2.29. The van der Waals surface area contributed by atoms with Crippen LogP contribution in [0.25, 0.3) is 0 Å². The molecule has 0 spiro atoms. The molecule has 4 nitrogen and oxygen atoms in total. The molecule has 2 rings (SSSR count). The van der Waals surface area contributed by atoms with Crippen molar-refractivity contribution in [2.75, 3.05) is 7.05 Å². The van der Waals surface area contributed by atoms with Gasteiger partial charge in [-0.05, 0) is 13.8 Å². The minimum Gasteiger partial charge on any atom is -0.336 e. The van der Waals surface area contributed by atoms with Crippen molar-refractivity contribution in [3.63, 3.8) is 0 Å². The Hall–Kier alpha value is -1.32. The van der Waals surface area contributed by atoms with Gasteiger partial charge in [0.2, 0.25) is 0 Å². The van der Waals surface area contributed by atoms with Gasteiger partial charge in [-0.1, -0.05) is 0 Å². The molecule has 0 saturated carbocycles. The Kier molecular flexibility index (Phi) is 1.65. The maximum absolute atomic E-state index is 11.5.